The summed E-state index contributed by atoms with van der Waals surface area (Å²) in [5.74, 6) is 1.52. The molecular weight excluding hydrogens is 256 g/mol. The Morgan fingerprint density at radius 3 is 2.85 bits per heavy atom. The predicted molar refractivity (Wildman–Crippen MR) is 74.6 cm³/mol. The highest BCUT2D eigenvalue weighted by molar-refractivity contribution is 5.96. The van der Waals surface area contributed by atoms with E-state index < -0.39 is 5.56 Å². The van der Waals surface area contributed by atoms with Gasteiger partial charge in [-0.2, -0.15) is 0 Å². The average molecular weight is 276 g/mol. The van der Waals surface area contributed by atoms with Crippen LogP contribution in [0.15, 0.2) is 17.1 Å². The van der Waals surface area contributed by atoms with Crippen molar-refractivity contribution >= 4 is 5.91 Å². The van der Waals surface area contributed by atoms with Crippen molar-refractivity contribution in [1.29, 1.82) is 0 Å². The molecule has 5 nitrogen and oxygen atoms in total. The maximum absolute atomic E-state index is 12.2. The van der Waals surface area contributed by atoms with Gasteiger partial charge in [0.1, 0.15) is 5.75 Å². The number of amides is 1. The van der Waals surface area contributed by atoms with Crippen molar-refractivity contribution < 1.29 is 9.90 Å². The standard InChI is InChI=1S/C15H20N2O3/c1-8(11-5-9-2-3-10(11)4-9)17-15(20)12-7-16-14(19)6-13(12)18/h6-11H,2-5H2,1H3,(H,17,20)(H2,16,18,19). The van der Waals surface area contributed by atoms with E-state index >= 15 is 0 Å². The van der Waals surface area contributed by atoms with Gasteiger partial charge in [-0.15, -0.1) is 0 Å². The number of aromatic amines is 1. The highest BCUT2D eigenvalue weighted by atomic mass is 16.3. The Labute approximate surface area is 117 Å². The predicted octanol–water partition coefficient (Wildman–Crippen LogP) is 1.64. The molecule has 1 aromatic heterocycles. The number of rotatable bonds is 3. The second kappa shape index (κ2) is 4.96. The topological polar surface area (TPSA) is 82.2 Å². The number of aromatic nitrogens is 1. The number of pyridine rings is 1. The van der Waals surface area contributed by atoms with Crippen molar-refractivity contribution in [2.24, 2.45) is 17.8 Å². The zero-order valence-electron chi connectivity index (χ0n) is 11.6. The number of carbonyl (C=O) groups excluding carboxylic acids is 1. The largest absolute Gasteiger partial charge is 0.507 e. The molecule has 1 heterocycles. The van der Waals surface area contributed by atoms with Gasteiger partial charge in [0, 0.05) is 18.3 Å². The molecule has 20 heavy (non-hydrogen) atoms. The third kappa shape index (κ3) is 2.32. The summed E-state index contributed by atoms with van der Waals surface area (Å²) in [6, 6.07) is 1.13. The van der Waals surface area contributed by atoms with E-state index in [1.807, 2.05) is 6.92 Å². The lowest BCUT2D eigenvalue weighted by Crippen LogP contribution is -2.40. The van der Waals surface area contributed by atoms with Crippen molar-refractivity contribution in [1.82, 2.24) is 10.3 Å². The molecule has 4 unspecified atom stereocenters. The number of carbonyl (C=O) groups is 1. The average Bonchev–Trinajstić information content (AvgIpc) is 3.00. The van der Waals surface area contributed by atoms with E-state index in [0.717, 1.165) is 17.9 Å². The Morgan fingerprint density at radius 2 is 2.25 bits per heavy atom. The molecule has 4 atom stereocenters. The molecule has 1 aromatic rings. The van der Waals surface area contributed by atoms with Gasteiger partial charge < -0.3 is 15.4 Å². The molecule has 0 radical (unpaired) electrons. The van der Waals surface area contributed by atoms with Gasteiger partial charge in [-0.25, -0.2) is 0 Å². The monoisotopic (exact) mass is 276 g/mol. The molecule has 3 rings (SSSR count). The fraction of sp³-hybridized carbons (Fsp3) is 0.600. The van der Waals surface area contributed by atoms with Gasteiger partial charge in [0.2, 0.25) is 0 Å². The Balaban J connectivity index is 1.68. The van der Waals surface area contributed by atoms with Crippen LogP contribution in [0.4, 0.5) is 0 Å². The van der Waals surface area contributed by atoms with Crippen LogP contribution in [0.2, 0.25) is 0 Å². The fourth-order valence-corrected chi connectivity index (χ4v) is 3.94. The van der Waals surface area contributed by atoms with Crippen molar-refractivity contribution in [3.8, 4) is 5.75 Å². The Bertz CT molecular complexity index is 581. The summed E-state index contributed by atoms with van der Waals surface area (Å²) >= 11 is 0. The minimum absolute atomic E-state index is 0.101. The first-order valence-corrected chi connectivity index (χ1v) is 7.27. The van der Waals surface area contributed by atoms with Gasteiger partial charge in [0.05, 0.1) is 5.56 Å². The van der Waals surface area contributed by atoms with Gasteiger partial charge in [-0.1, -0.05) is 6.42 Å². The van der Waals surface area contributed by atoms with Gasteiger partial charge >= 0.3 is 0 Å². The van der Waals surface area contributed by atoms with E-state index in [0.29, 0.717) is 5.92 Å². The summed E-state index contributed by atoms with van der Waals surface area (Å²) < 4.78 is 0. The van der Waals surface area contributed by atoms with Crippen LogP contribution in [-0.4, -0.2) is 22.0 Å². The zero-order valence-corrected chi connectivity index (χ0v) is 11.6. The Morgan fingerprint density at radius 1 is 1.45 bits per heavy atom. The number of aromatic hydroxyl groups is 1. The van der Waals surface area contributed by atoms with E-state index in [-0.39, 0.29) is 23.3 Å². The van der Waals surface area contributed by atoms with E-state index in [1.54, 1.807) is 0 Å². The summed E-state index contributed by atoms with van der Waals surface area (Å²) in [4.78, 5) is 25.6. The summed E-state index contributed by atoms with van der Waals surface area (Å²) in [5, 5.41) is 12.6. The number of fused-ring (bicyclic) bond motifs is 2. The Kier molecular flexibility index (Phi) is 3.28. The first-order valence-electron chi connectivity index (χ1n) is 7.27. The van der Waals surface area contributed by atoms with E-state index in [9.17, 15) is 14.7 Å². The third-order valence-corrected chi connectivity index (χ3v) is 4.94. The molecule has 2 bridgehead atoms. The highest BCUT2D eigenvalue weighted by Gasteiger charge is 2.42. The summed E-state index contributed by atoms with van der Waals surface area (Å²) in [7, 11) is 0. The fourth-order valence-electron chi connectivity index (χ4n) is 3.94. The lowest BCUT2D eigenvalue weighted by Gasteiger charge is -2.28. The van der Waals surface area contributed by atoms with Crippen molar-refractivity contribution in [2.75, 3.05) is 0 Å². The van der Waals surface area contributed by atoms with Crippen molar-refractivity contribution in [2.45, 2.75) is 38.6 Å². The molecule has 1 amide bonds. The van der Waals surface area contributed by atoms with Gasteiger partial charge in [-0.3, -0.25) is 9.59 Å². The van der Waals surface area contributed by atoms with E-state index in [1.165, 1.54) is 31.9 Å². The zero-order chi connectivity index (χ0) is 14.3. The van der Waals surface area contributed by atoms with Crippen LogP contribution in [-0.2, 0) is 0 Å². The van der Waals surface area contributed by atoms with Gasteiger partial charge in [0.25, 0.3) is 11.5 Å². The molecule has 2 aliphatic carbocycles. The first kappa shape index (κ1) is 13.2. The molecule has 2 fully saturated rings. The molecule has 5 heteroatoms. The van der Waals surface area contributed by atoms with Crippen molar-refractivity contribution in [3.63, 3.8) is 0 Å². The number of hydrogen-bond acceptors (Lipinski definition) is 3. The lowest BCUT2D eigenvalue weighted by atomic mass is 9.84. The van der Waals surface area contributed by atoms with E-state index in [2.05, 4.69) is 10.3 Å². The van der Waals surface area contributed by atoms with Gasteiger partial charge in [0.15, 0.2) is 0 Å². The molecule has 2 saturated carbocycles. The van der Waals surface area contributed by atoms with Crippen LogP contribution in [0.25, 0.3) is 0 Å². The molecule has 2 aliphatic rings. The third-order valence-electron chi connectivity index (χ3n) is 4.94. The Hall–Kier alpha value is -1.78. The SMILES string of the molecule is CC(NC(=O)c1c[nH]c(=O)cc1O)C1CC2CCC1C2. The normalized spacial score (nSPS) is 29.4. The smallest absolute Gasteiger partial charge is 0.256 e. The van der Waals surface area contributed by atoms with Gasteiger partial charge in [-0.05, 0) is 43.9 Å². The molecule has 0 aliphatic heterocycles. The molecule has 0 saturated heterocycles. The van der Waals surface area contributed by atoms with Crippen LogP contribution in [0.5, 0.6) is 5.75 Å². The van der Waals surface area contributed by atoms with Crippen LogP contribution in [0, 0.1) is 17.8 Å². The molecular formula is C15H20N2O3. The first-order chi connectivity index (χ1) is 9.54. The molecule has 0 aromatic carbocycles. The number of H-pyrrole nitrogens is 1. The summed E-state index contributed by atoms with van der Waals surface area (Å²) in [6.07, 6.45) is 6.38. The van der Waals surface area contributed by atoms with Crippen LogP contribution in [0.3, 0.4) is 0 Å². The second-order valence-electron chi connectivity index (χ2n) is 6.20. The quantitative estimate of drug-likeness (QED) is 0.785. The summed E-state index contributed by atoms with van der Waals surface area (Å²) in [6.45, 7) is 2.03. The number of nitrogens with one attached hydrogen (secondary N) is 2. The highest BCUT2D eigenvalue weighted by Crippen LogP contribution is 2.49. The van der Waals surface area contributed by atoms with Crippen LogP contribution < -0.4 is 10.9 Å². The molecule has 108 valence electrons. The maximum Gasteiger partial charge on any atom is 0.256 e. The second-order valence-corrected chi connectivity index (χ2v) is 6.20. The lowest BCUT2D eigenvalue weighted by molar-refractivity contribution is 0.0912. The molecule has 0 spiro atoms. The minimum atomic E-state index is -0.416. The summed E-state index contributed by atoms with van der Waals surface area (Å²) in [5.41, 5.74) is -0.292. The van der Waals surface area contributed by atoms with Crippen molar-refractivity contribution in [3.05, 3.63) is 28.2 Å². The maximum atomic E-state index is 12.2. The van der Waals surface area contributed by atoms with E-state index in [4.69, 9.17) is 0 Å². The van der Waals surface area contributed by atoms with Crippen LogP contribution >= 0.6 is 0 Å². The minimum Gasteiger partial charge on any atom is -0.507 e. The number of hydrogen-bond donors (Lipinski definition) is 3. The molecule has 3 N–H and O–H groups in total. The van der Waals surface area contributed by atoms with Crippen LogP contribution in [0.1, 0.15) is 43.0 Å².